The van der Waals surface area contributed by atoms with E-state index >= 15 is 0 Å². The average Bonchev–Trinajstić information content (AvgIpc) is 3.25. The second kappa shape index (κ2) is 9.89. The molecule has 0 spiro atoms. The lowest BCUT2D eigenvalue weighted by Gasteiger charge is -2.13. The molecule has 3 aromatic rings. The third-order valence-electron chi connectivity index (χ3n) is 4.47. The van der Waals surface area contributed by atoms with Crippen LogP contribution in [-0.4, -0.2) is 14.3 Å². The van der Waals surface area contributed by atoms with E-state index in [1.807, 2.05) is 43.3 Å². The fourth-order valence-corrected chi connectivity index (χ4v) is 3.82. The number of nitriles is 1. The van der Waals surface area contributed by atoms with Crippen LogP contribution in [0.3, 0.4) is 0 Å². The molecule has 7 nitrogen and oxygen atoms in total. The first-order chi connectivity index (χ1) is 14.9. The summed E-state index contributed by atoms with van der Waals surface area (Å²) in [6.45, 7) is 1.76. The van der Waals surface area contributed by atoms with Gasteiger partial charge in [0.05, 0.1) is 17.5 Å². The maximum absolute atomic E-state index is 12.4. The first-order valence-electron chi connectivity index (χ1n) is 9.50. The quantitative estimate of drug-likeness (QED) is 0.415. The number of hydrogen-bond acceptors (Lipinski definition) is 5. The van der Waals surface area contributed by atoms with Crippen LogP contribution in [0.2, 0.25) is 0 Å². The highest BCUT2D eigenvalue weighted by Gasteiger charge is 2.16. The highest BCUT2D eigenvalue weighted by molar-refractivity contribution is 7.89. The van der Waals surface area contributed by atoms with Crippen molar-refractivity contribution >= 4 is 22.0 Å². The van der Waals surface area contributed by atoms with Gasteiger partial charge < -0.3 is 9.73 Å². The maximum Gasteiger partial charge on any atom is 0.262 e. The van der Waals surface area contributed by atoms with Gasteiger partial charge in [0.15, 0.2) is 0 Å². The minimum absolute atomic E-state index is 0.0653. The molecule has 2 aromatic carbocycles. The second-order valence-electron chi connectivity index (χ2n) is 6.72. The predicted molar refractivity (Wildman–Crippen MR) is 116 cm³/mol. The molecule has 1 atom stereocenters. The van der Waals surface area contributed by atoms with Crippen molar-refractivity contribution in [2.45, 2.75) is 24.4 Å². The Labute approximate surface area is 181 Å². The molecule has 0 aliphatic heterocycles. The summed E-state index contributed by atoms with van der Waals surface area (Å²) in [6.07, 6.45) is 1.32. The van der Waals surface area contributed by atoms with E-state index < -0.39 is 15.9 Å². The summed E-state index contributed by atoms with van der Waals surface area (Å²) >= 11 is 0. The summed E-state index contributed by atoms with van der Waals surface area (Å²) in [5.74, 6) is 0.0932. The molecule has 0 bridgehead atoms. The molecular formula is C23H21N3O4S. The molecule has 0 radical (unpaired) electrons. The monoisotopic (exact) mass is 435 g/mol. The van der Waals surface area contributed by atoms with E-state index in [4.69, 9.17) is 4.42 Å². The van der Waals surface area contributed by atoms with E-state index in [9.17, 15) is 18.5 Å². The Morgan fingerprint density at radius 2 is 1.71 bits per heavy atom. The standard InChI is InChI=1S/C23H21N3O4S/c1-17(18-8-4-2-5-9-18)26-23(27)19(15-24)14-20-12-13-21(30-20)16-25-31(28,29)22-10-6-3-7-11-22/h2-14,17,25H,16H2,1H3,(H,26,27)/b19-14-. The second-order valence-corrected chi connectivity index (χ2v) is 8.48. The lowest BCUT2D eigenvalue weighted by Crippen LogP contribution is -2.27. The Kier molecular flexibility index (Phi) is 7.03. The molecule has 3 rings (SSSR count). The minimum Gasteiger partial charge on any atom is -0.460 e. The van der Waals surface area contributed by atoms with Crippen molar-refractivity contribution in [1.82, 2.24) is 10.0 Å². The van der Waals surface area contributed by atoms with E-state index in [-0.39, 0.29) is 28.8 Å². The van der Waals surface area contributed by atoms with Crippen molar-refractivity contribution < 1.29 is 17.6 Å². The Balaban J connectivity index is 1.65. The van der Waals surface area contributed by atoms with Gasteiger partial charge in [-0.25, -0.2) is 13.1 Å². The first-order valence-corrected chi connectivity index (χ1v) is 11.0. The van der Waals surface area contributed by atoms with E-state index in [1.165, 1.54) is 18.2 Å². The molecule has 8 heteroatoms. The predicted octanol–water partition coefficient (Wildman–Crippen LogP) is 3.54. The van der Waals surface area contributed by atoms with Gasteiger partial charge in [-0.05, 0) is 36.8 Å². The summed E-state index contributed by atoms with van der Waals surface area (Å²) in [7, 11) is -3.67. The molecule has 1 amide bonds. The summed E-state index contributed by atoms with van der Waals surface area (Å²) in [5, 5.41) is 12.1. The molecule has 2 N–H and O–H groups in total. The number of carbonyl (C=O) groups is 1. The van der Waals surface area contributed by atoms with Crippen LogP contribution in [0, 0.1) is 11.3 Å². The van der Waals surface area contributed by atoms with Gasteiger partial charge in [-0.15, -0.1) is 0 Å². The number of sulfonamides is 1. The molecule has 158 valence electrons. The Bertz CT molecular complexity index is 1210. The summed E-state index contributed by atoms with van der Waals surface area (Å²) < 4.78 is 32.6. The minimum atomic E-state index is -3.67. The van der Waals surface area contributed by atoms with Gasteiger partial charge in [-0.3, -0.25) is 4.79 Å². The molecule has 1 aromatic heterocycles. The van der Waals surface area contributed by atoms with Crippen LogP contribution >= 0.6 is 0 Å². The fourth-order valence-electron chi connectivity index (χ4n) is 2.81. The van der Waals surface area contributed by atoms with E-state index in [1.54, 1.807) is 30.3 Å². The van der Waals surface area contributed by atoms with E-state index in [2.05, 4.69) is 10.0 Å². The van der Waals surface area contributed by atoms with Crippen molar-refractivity contribution in [1.29, 1.82) is 5.26 Å². The number of nitrogens with one attached hydrogen (secondary N) is 2. The number of amides is 1. The molecule has 0 aliphatic carbocycles. The Hall–Kier alpha value is -3.67. The summed E-state index contributed by atoms with van der Waals surface area (Å²) in [5.41, 5.74) is 0.799. The SMILES string of the molecule is CC(NC(=O)/C(C#N)=C\c1ccc(CNS(=O)(=O)c2ccccc2)o1)c1ccccc1. The first kappa shape index (κ1) is 22.0. The lowest BCUT2D eigenvalue weighted by molar-refractivity contribution is -0.117. The largest absolute Gasteiger partial charge is 0.460 e. The lowest BCUT2D eigenvalue weighted by atomic mass is 10.1. The fraction of sp³-hybridized carbons (Fsp3) is 0.130. The zero-order valence-corrected chi connectivity index (χ0v) is 17.6. The zero-order valence-electron chi connectivity index (χ0n) is 16.8. The molecular weight excluding hydrogens is 414 g/mol. The normalized spacial score (nSPS) is 12.7. The van der Waals surface area contributed by atoms with Crippen molar-refractivity contribution in [2.75, 3.05) is 0 Å². The van der Waals surface area contributed by atoms with E-state index in [0.29, 0.717) is 5.76 Å². The molecule has 1 heterocycles. The van der Waals surface area contributed by atoms with Gasteiger partial charge in [0.2, 0.25) is 10.0 Å². The smallest absolute Gasteiger partial charge is 0.262 e. The number of nitrogens with zero attached hydrogens (tertiary/aromatic N) is 1. The van der Waals surface area contributed by atoms with Gasteiger partial charge in [0, 0.05) is 6.08 Å². The molecule has 0 saturated heterocycles. The van der Waals surface area contributed by atoms with Gasteiger partial charge in [0.1, 0.15) is 23.2 Å². The van der Waals surface area contributed by atoms with Crippen molar-refractivity contribution in [2.24, 2.45) is 0 Å². The highest BCUT2D eigenvalue weighted by Crippen LogP contribution is 2.16. The van der Waals surface area contributed by atoms with Crippen molar-refractivity contribution in [3.05, 3.63) is 95.5 Å². The van der Waals surface area contributed by atoms with Crippen LogP contribution in [0.25, 0.3) is 6.08 Å². The highest BCUT2D eigenvalue weighted by atomic mass is 32.2. The molecule has 1 unspecified atom stereocenters. The van der Waals surface area contributed by atoms with Crippen LogP contribution in [-0.2, 0) is 21.4 Å². The third kappa shape index (κ3) is 5.92. The molecule has 31 heavy (non-hydrogen) atoms. The number of rotatable bonds is 8. The number of benzene rings is 2. The Morgan fingerprint density at radius 1 is 1.06 bits per heavy atom. The number of hydrogen-bond donors (Lipinski definition) is 2. The number of carbonyl (C=O) groups excluding carboxylic acids is 1. The summed E-state index contributed by atoms with van der Waals surface area (Å²) in [6, 6.07) is 22.1. The van der Waals surface area contributed by atoms with Crippen LogP contribution in [0.1, 0.15) is 30.0 Å². The number of furan rings is 1. The average molecular weight is 436 g/mol. The molecule has 0 saturated carbocycles. The van der Waals surface area contributed by atoms with Gasteiger partial charge in [-0.2, -0.15) is 5.26 Å². The van der Waals surface area contributed by atoms with Gasteiger partial charge in [-0.1, -0.05) is 48.5 Å². The third-order valence-corrected chi connectivity index (χ3v) is 5.89. The topological polar surface area (TPSA) is 112 Å². The maximum atomic E-state index is 12.4. The van der Waals surface area contributed by atoms with Gasteiger partial charge >= 0.3 is 0 Å². The van der Waals surface area contributed by atoms with Crippen LogP contribution in [0.4, 0.5) is 0 Å². The molecule has 0 fully saturated rings. The van der Waals surface area contributed by atoms with Gasteiger partial charge in [0.25, 0.3) is 5.91 Å². The zero-order chi connectivity index (χ0) is 22.3. The molecule has 0 aliphatic rings. The van der Waals surface area contributed by atoms with Crippen LogP contribution in [0.5, 0.6) is 0 Å². The van der Waals surface area contributed by atoms with Crippen LogP contribution in [0.15, 0.2) is 87.7 Å². The van der Waals surface area contributed by atoms with Crippen molar-refractivity contribution in [3.8, 4) is 6.07 Å². The van der Waals surface area contributed by atoms with E-state index in [0.717, 1.165) is 5.56 Å². The summed E-state index contributed by atoms with van der Waals surface area (Å²) in [4.78, 5) is 12.6. The Morgan fingerprint density at radius 3 is 2.35 bits per heavy atom. The van der Waals surface area contributed by atoms with Crippen molar-refractivity contribution in [3.63, 3.8) is 0 Å². The van der Waals surface area contributed by atoms with Crippen LogP contribution < -0.4 is 10.0 Å².